The van der Waals surface area contributed by atoms with Crippen LogP contribution in [0.2, 0.25) is 0 Å². The molecule has 0 amide bonds. The molecule has 3 aromatic carbocycles. The summed E-state index contributed by atoms with van der Waals surface area (Å²) in [5.41, 5.74) is 1.17. The van der Waals surface area contributed by atoms with Crippen molar-refractivity contribution in [1.29, 1.82) is 0 Å². The van der Waals surface area contributed by atoms with Crippen LogP contribution in [-0.2, 0) is 16.6 Å². The van der Waals surface area contributed by atoms with Gasteiger partial charge in [-0.2, -0.15) is 9.49 Å². The number of carboxylic acids is 1. The number of H-pyrrole nitrogens is 2. The Morgan fingerprint density at radius 3 is 2.76 bits per heavy atom. The topological polar surface area (TPSA) is 113 Å². The molecule has 2 aromatic heterocycles. The third kappa shape index (κ3) is 4.45. The molecule has 12 heteroatoms. The summed E-state index contributed by atoms with van der Waals surface area (Å²) in [7, 11) is 0. The van der Waals surface area contributed by atoms with Gasteiger partial charge in [-0.1, -0.05) is 18.2 Å². The molecule has 0 saturated carbocycles. The summed E-state index contributed by atoms with van der Waals surface area (Å²) in [5, 5.41) is 14.6. The van der Waals surface area contributed by atoms with Gasteiger partial charge in [-0.05, 0) is 43.5 Å². The Hall–Kier alpha value is -4.87. The van der Waals surface area contributed by atoms with Crippen LogP contribution in [0.25, 0.3) is 22.3 Å². The number of nitrogens with zero attached hydrogens (tertiary/aromatic N) is 2. The van der Waals surface area contributed by atoms with Crippen molar-refractivity contribution in [3.8, 4) is 28.6 Å². The Kier molecular flexibility index (Phi) is 6.40. The molecule has 3 N–H and O–H groups in total. The number of aromatic nitrogens is 4. The number of imidazole rings is 1. The molecule has 0 spiro atoms. The Morgan fingerprint density at radius 1 is 1.12 bits per heavy atom. The lowest BCUT2D eigenvalue weighted by molar-refractivity contribution is -0.136. The zero-order valence-corrected chi connectivity index (χ0v) is 21.5. The second-order valence-corrected chi connectivity index (χ2v) is 9.94. The van der Waals surface area contributed by atoms with Crippen molar-refractivity contribution in [3.05, 3.63) is 88.9 Å². The van der Waals surface area contributed by atoms with Crippen LogP contribution < -0.4 is 9.47 Å². The van der Waals surface area contributed by atoms with Crippen molar-refractivity contribution >= 4 is 16.9 Å². The Labute approximate surface area is 230 Å². The SMILES string of the molecule is CC1(c2cnc(-c3cc(Oc4c(F)c(F)c5[nH]ncc5c4F)ccc3F)[nH]2)CCOc2c(CCC(=O)O)cccc21. The molecule has 8 nitrogen and oxygen atoms in total. The average Bonchev–Trinajstić information content (AvgIpc) is 3.65. The van der Waals surface area contributed by atoms with Gasteiger partial charge >= 0.3 is 5.97 Å². The highest BCUT2D eigenvalue weighted by Crippen LogP contribution is 2.45. The number of fused-ring (bicyclic) bond motifs is 2. The fraction of sp³-hybridized carbons (Fsp3) is 0.207. The van der Waals surface area contributed by atoms with E-state index < -0.39 is 45.9 Å². The quantitative estimate of drug-likeness (QED) is 0.155. The molecule has 0 radical (unpaired) electrons. The standard InChI is InChI=1S/C29H22F4N4O4/c1-29(9-10-40-26-14(5-8-21(38)39)3-2-4-18(26)29)20-13-34-28(36-20)16-11-15(6-7-19(16)30)41-27-22(31)17-12-35-37-25(17)23(32)24(27)33/h2-4,6-7,11-13H,5,8-10H2,1H3,(H,34,36)(H,35,37)(H,38,39). The highest BCUT2D eigenvalue weighted by atomic mass is 19.2. The van der Waals surface area contributed by atoms with E-state index in [1.807, 2.05) is 25.1 Å². The van der Waals surface area contributed by atoms with Crippen molar-refractivity contribution < 1.29 is 36.9 Å². The fourth-order valence-electron chi connectivity index (χ4n) is 5.14. The molecule has 3 heterocycles. The lowest BCUT2D eigenvalue weighted by Crippen LogP contribution is -2.32. The van der Waals surface area contributed by atoms with Crippen LogP contribution in [0.3, 0.4) is 0 Å². The number of hydrogen-bond acceptors (Lipinski definition) is 5. The van der Waals surface area contributed by atoms with Crippen LogP contribution in [0.4, 0.5) is 17.6 Å². The molecular weight excluding hydrogens is 544 g/mol. The Bertz CT molecular complexity index is 1820. The summed E-state index contributed by atoms with van der Waals surface area (Å²) in [5.74, 6) is -6.05. The maximum atomic E-state index is 15.0. The summed E-state index contributed by atoms with van der Waals surface area (Å²) in [6, 6.07) is 8.98. The number of ether oxygens (including phenoxy) is 2. The molecule has 0 bridgehead atoms. The van der Waals surface area contributed by atoms with E-state index in [1.165, 1.54) is 6.07 Å². The summed E-state index contributed by atoms with van der Waals surface area (Å²) >= 11 is 0. The number of benzene rings is 3. The molecule has 210 valence electrons. The first-order valence-corrected chi connectivity index (χ1v) is 12.7. The van der Waals surface area contributed by atoms with Crippen LogP contribution in [0.5, 0.6) is 17.2 Å². The third-order valence-electron chi connectivity index (χ3n) is 7.42. The van der Waals surface area contributed by atoms with E-state index in [0.29, 0.717) is 30.9 Å². The monoisotopic (exact) mass is 566 g/mol. The van der Waals surface area contributed by atoms with Crippen molar-refractivity contribution in [3.63, 3.8) is 0 Å². The Balaban J connectivity index is 1.34. The molecule has 1 atom stereocenters. The van der Waals surface area contributed by atoms with Gasteiger partial charge in [-0.25, -0.2) is 18.2 Å². The van der Waals surface area contributed by atoms with Gasteiger partial charge in [0.25, 0.3) is 0 Å². The number of aryl methyl sites for hydroxylation is 1. The minimum absolute atomic E-state index is 0.0366. The molecule has 0 fully saturated rings. The highest BCUT2D eigenvalue weighted by molar-refractivity contribution is 5.81. The lowest BCUT2D eigenvalue weighted by atomic mass is 9.74. The maximum Gasteiger partial charge on any atom is 0.303 e. The van der Waals surface area contributed by atoms with Gasteiger partial charge in [0.1, 0.15) is 28.7 Å². The van der Waals surface area contributed by atoms with Crippen molar-refractivity contribution in [2.75, 3.05) is 6.61 Å². The molecule has 0 aliphatic carbocycles. The lowest BCUT2D eigenvalue weighted by Gasteiger charge is -2.36. The minimum Gasteiger partial charge on any atom is -0.493 e. The van der Waals surface area contributed by atoms with Crippen LogP contribution in [0.1, 0.15) is 36.6 Å². The summed E-state index contributed by atoms with van der Waals surface area (Å²) < 4.78 is 70.2. The first-order valence-electron chi connectivity index (χ1n) is 12.7. The number of halogens is 4. The smallest absolute Gasteiger partial charge is 0.303 e. The van der Waals surface area contributed by atoms with Crippen LogP contribution in [-0.4, -0.2) is 37.8 Å². The molecule has 1 aliphatic heterocycles. The van der Waals surface area contributed by atoms with E-state index in [0.717, 1.165) is 29.5 Å². The van der Waals surface area contributed by atoms with Gasteiger partial charge < -0.3 is 19.6 Å². The van der Waals surface area contributed by atoms with Gasteiger partial charge in [-0.15, -0.1) is 0 Å². The minimum atomic E-state index is -1.56. The molecule has 6 rings (SSSR count). The van der Waals surface area contributed by atoms with E-state index in [9.17, 15) is 22.4 Å². The largest absolute Gasteiger partial charge is 0.493 e. The van der Waals surface area contributed by atoms with E-state index in [4.69, 9.17) is 14.6 Å². The van der Waals surface area contributed by atoms with Gasteiger partial charge in [0.15, 0.2) is 11.6 Å². The number of carbonyl (C=O) groups is 1. The van der Waals surface area contributed by atoms with Crippen molar-refractivity contribution in [1.82, 2.24) is 20.2 Å². The van der Waals surface area contributed by atoms with Gasteiger partial charge in [0, 0.05) is 29.3 Å². The third-order valence-corrected chi connectivity index (χ3v) is 7.42. The van der Waals surface area contributed by atoms with E-state index >= 15 is 0 Å². The number of aromatic amines is 2. The molecule has 5 aromatic rings. The summed E-state index contributed by atoms with van der Waals surface area (Å²) in [6.45, 7) is 2.35. The number of rotatable bonds is 7. The number of para-hydroxylation sites is 1. The fourth-order valence-corrected chi connectivity index (χ4v) is 5.14. The molecule has 0 saturated heterocycles. The Morgan fingerprint density at radius 2 is 1.95 bits per heavy atom. The van der Waals surface area contributed by atoms with Crippen LogP contribution in [0.15, 0.2) is 48.8 Å². The number of hydrogen-bond donors (Lipinski definition) is 3. The maximum absolute atomic E-state index is 15.0. The van der Waals surface area contributed by atoms with E-state index in [-0.39, 0.29) is 28.9 Å². The van der Waals surface area contributed by atoms with Crippen molar-refractivity contribution in [2.45, 2.75) is 31.6 Å². The second kappa shape index (κ2) is 9.95. The van der Waals surface area contributed by atoms with Crippen LogP contribution in [0, 0.1) is 23.3 Å². The van der Waals surface area contributed by atoms with Crippen molar-refractivity contribution in [2.24, 2.45) is 0 Å². The number of carboxylic acid groups (broad SMARTS) is 1. The van der Waals surface area contributed by atoms with Gasteiger partial charge in [-0.3, -0.25) is 9.89 Å². The molecule has 41 heavy (non-hydrogen) atoms. The van der Waals surface area contributed by atoms with Crippen LogP contribution >= 0.6 is 0 Å². The number of nitrogens with one attached hydrogen (secondary N) is 2. The average molecular weight is 567 g/mol. The highest BCUT2D eigenvalue weighted by Gasteiger charge is 2.38. The first kappa shape index (κ1) is 26.4. The van der Waals surface area contributed by atoms with E-state index in [2.05, 4.69) is 20.2 Å². The van der Waals surface area contributed by atoms with Gasteiger partial charge in [0.05, 0.1) is 23.8 Å². The summed E-state index contributed by atoms with van der Waals surface area (Å²) in [4.78, 5) is 18.6. The predicted octanol–water partition coefficient (Wildman–Crippen LogP) is 6.41. The molecule has 1 aliphatic rings. The zero-order valence-electron chi connectivity index (χ0n) is 21.5. The normalized spacial score (nSPS) is 16.4. The predicted molar refractivity (Wildman–Crippen MR) is 139 cm³/mol. The number of aliphatic carboxylic acids is 1. The summed E-state index contributed by atoms with van der Waals surface area (Å²) in [6.07, 6.45) is 3.40. The molecular formula is C29H22F4N4O4. The van der Waals surface area contributed by atoms with Gasteiger partial charge in [0.2, 0.25) is 11.6 Å². The second-order valence-electron chi connectivity index (χ2n) is 9.94. The first-order chi connectivity index (χ1) is 19.7. The zero-order chi connectivity index (χ0) is 28.9. The van der Waals surface area contributed by atoms with E-state index in [1.54, 1.807) is 6.20 Å². The molecule has 1 unspecified atom stereocenters.